The molecular weight excluding hydrogens is 180 g/mol. The highest BCUT2D eigenvalue weighted by Crippen LogP contribution is 2.04. The minimum absolute atomic E-state index is 0.212. The lowest BCUT2D eigenvalue weighted by Crippen LogP contribution is -2.29. The average Bonchev–Trinajstić information content (AvgIpc) is 2.50. The number of nitrogens with one attached hydrogen (secondary N) is 1. The van der Waals surface area contributed by atoms with Crippen LogP contribution in [0.15, 0.2) is 12.1 Å². The van der Waals surface area contributed by atoms with Crippen molar-refractivity contribution in [2.45, 2.75) is 20.1 Å². The van der Waals surface area contributed by atoms with Crippen LogP contribution in [0.1, 0.15) is 11.4 Å². The first-order valence-electron chi connectivity index (χ1n) is 4.63. The lowest BCUT2D eigenvalue weighted by molar-refractivity contribution is -0.0927. The number of nitrogens with zero attached hydrogens (tertiary/aromatic N) is 1. The summed E-state index contributed by atoms with van der Waals surface area (Å²) in [7, 11) is 3.26. The van der Waals surface area contributed by atoms with Gasteiger partial charge in [-0.15, -0.1) is 0 Å². The van der Waals surface area contributed by atoms with Crippen molar-refractivity contribution in [3.63, 3.8) is 0 Å². The largest absolute Gasteiger partial charge is 0.354 e. The Morgan fingerprint density at radius 3 is 2.14 bits per heavy atom. The van der Waals surface area contributed by atoms with Crippen molar-refractivity contribution in [2.24, 2.45) is 0 Å². The number of rotatable bonds is 5. The van der Waals surface area contributed by atoms with Gasteiger partial charge in [0.15, 0.2) is 6.29 Å². The van der Waals surface area contributed by atoms with Crippen LogP contribution in [0.5, 0.6) is 0 Å². The first-order chi connectivity index (χ1) is 6.69. The number of hydrogen-bond donors (Lipinski definition) is 1. The van der Waals surface area contributed by atoms with Gasteiger partial charge in [-0.25, -0.2) is 0 Å². The fourth-order valence-electron chi connectivity index (χ4n) is 1.35. The van der Waals surface area contributed by atoms with Crippen LogP contribution in [0, 0.1) is 13.8 Å². The Labute approximate surface area is 84.8 Å². The number of ether oxygens (including phenoxy) is 2. The predicted molar refractivity (Wildman–Crippen MR) is 55.9 cm³/mol. The topological polar surface area (TPSA) is 35.4 Å². The van der Waals surface area contributed by atoms with Gasteiger partial charge < -0.3 is 14.9 Å². The van der Waals surface area contributed by atoms with Crippen molar-refractivity contribution in [1.29, 1.82) is 0 Å². The summed E-state index contributed by atoms with van der Waals surface area (Å²) in [5.74, 6) is 0. The number of hydrogen-bond acceptors (Lipinski definition) is 3. The lowest BCUT2D eigenvalue weighted by atomic mass is 10.5. The fraction of sp³-hybridized carbons (Fsp3) is 0.600. The molecule has 0 amide bonds. The van der Waals surface area contributed by atoms with Gasteiger partial charge in [0.1, 0.15) is 0 Å². The van der Waals surface area contributed by atoms with Crippen LogP contribution in [0.4, 0.5) is 0 Å². The Bertz CT molecular complexity index is 260. The third-order valence-corrected chi connectivity index (χ3v) is 2.21. The van der Waals surface area contributed by atoms with Crippen molar-refractivity contribution in [3.05, 3.63) is 23.5 Å². The van der Waals surface area contributed by atoms with Gasteiger partial charge in [-0.3, -0.25) is 4.68 Å². The highest BCUT2D eigenvalue weighted by atomic mass is 16.7. The van der Waals surface area contributed by atoms with E-state index < -0.39 is 0 Å². The minimum Gasteiger partial charge on any atom is -0.354 e. The van der Waals surface area contributed by atoms with E-state index in [0.29, 0.717) is 6.54 Å². The maximum Gasteiger partial charge on any atom is 0.175 e. The molecule has 0 aliphatic heterocycles. The summed E-state index contributed by atoms with van der Waals surface area (Å²) in [4.78, 5) is 0. The SMILES string of the molecule is COC(CNn1c(C)ccc1C)OC. The molecule has 14 heavy (non-hydrogen) atoms. The van der Waals surface area contributed by atoms with Crippen molar-refractivity contribution in [1.82, 2.24) is 4.68 Å². The van der Waals surface area contributed by atoms with Gasteiger partial charge >= 0.3 is 0 Å². The van der Waals surface area contributed by atoms with E-state index >= 15 is 0 Å². The predicted octanol–water partition coefficient (Wildman–Crippen LogP) is 1.27. The van der Waals surface area contributed by atoms with E-state index in [1.54, 1.807) is 14.2 Å². The monoisotopic (exact) mass is 198 g/mol. The second-order valence-corrected chi connectivity index (χ2v) is 3.21. The van der Waals surface area contributed by atoms with E-state index in [1.807, 2.05) is 4.68 Å². The first kappa shape index (κ1) is 11.1. The summed E-state index contributed by atoms with van der Waals surface area (Å²) in [5, 5.41) is 0. The molecule has 1 aromatic heterocycles. The molecule has 0 aliphatic rings. The van der Waals surface area contributed by atoms with Gasteiger partial charge in [0, 0.05) is 25.6 Å². The fourth-order valence-corrected chi connectivity index (χ4v) is 1.35. The lowest BCUT2D eigenvalue weighted by Gasteiger charge is -2.17. The molecule has 80 valence electrons. The van der Waals surface area contributed by atoms with Gasteiger partial charge in [0.05, 0.1) is 6.54 Å². The number of aromatic nitrogens is 1. The van der Waals surface area contributed by atoms with Crippen LogP contribution in [-0.2, 0) is 9.47 Å². The Kier molecular flexibility index (Phi) is 3.98. The van der Waals surface area contributed by atoms with Gasteiger partial charge in [-0.2, -0.15) is 0 Å². The Morgan fingerprint density at radius 1 is 1.21 bits per heavy atom. The summed E-state index contributed by atoms with van der Waals surface area (Å²) in [6.45, 7) is 4.73. The second kappa shape index (κ2) is 5.02. The molecule has 0 atom stereocenters. The van der Waals surface area contributed by atoms with Gasteiger partial charge in [0.25, 0.3) is 0 Å². The van der Waals surface area contributed by atoms with Crippen LogP contribution in [0.3, 0.4) is 0 Å². The zero-order valence-electron chi connectivity index (χ0n) is 9.20. The molecule has 0 aliphatic carbocycles. The molecule has 0 fully saturated rings. The van der Waals surface area contributed by atoms with E-state index in [-0.39, 0.29) is 6.29 Å². The highest BCUT2D eigenvalue weighted by Gasteiger charge is 2.05. The van der Waals surface area contributed by atoms with Gasteiger partial charge in [-0.05, 0) is 26.0 Å². The molecular formula is C10H18N2O2. The molecule has 4 heteroatoms. The third kappa shape index (κ3) is 2.49. The molecule has 1 aromatic rings. The van der Waals surface area contributed by atoms with Crippen molar-refractivity contribution in [2.75, 3.05) is 26.2 Å². The normalized spacial score (nSPS) is 10.9. The summed E-state index contributed by atoms with van der Waals surface area (Å²) >= 11 is 0. The van der Waals surface area contributed by atoms with Crippen molar-refractivity contribution in [3.8, 4) is 0 Å². The van der Waals surface area contributed by atoms with E-state index in [0.717, 1.165) is 0 Å². The van der Waals surface area contributed by atoms with Crippen LogP contribution >= 0.6 is 0 Å². The molecule has 0 saturated carbocycles. The van der Waals surface area contributed by atoms with E-state index in [9.17, 15) is 0 Å². The van der Waals surface area contributed by atoms with Gasteiger partial charge in [-0.1, -0.05) is 0 Å². The molecule has 1 heterocycles. The van der Waals surface area contributed by atoms with Crippen molar-refractivity contribution < 1.29 is 9.47 Å². The maximum absolute atomic E-state index is 5.08. The average molecular weight is 198 g/mol. The first-order valence-corrected chi connectivity index (χ1v) is 4.63. The summed E-state index contributed by atoms with van der Waals surface area (Å²) in [5.41, 5.74) is 5.58. The third-order valence-electron chi connectivity index (χ3n) is 2.21. The molecule has 1 rings (SSSR count). The molecule has 1 N–H and O–H groups in total. The smallest absolute Gasteiger partial charge is 0.175 e. The molecule has 0 unspecified atom stereocenters. The Hall–Kier alpha value is -1.00. The number of aryl methyl sites for hydroxylation is 2. The Balaban J connectivity index is 2.52. The Morgan fingerprint density at radius 2 is 1.71 bits per heavy atom. The standard InChI is InChI=1S/C10H18N2O2/c1-8-5-6-9(2)12(8)11-7-10(13-3)14-4/h5-6,10-11H,7H2,1-4H3. The quantitative estimate of drug-likeness (QED) is 0.724. The highest BCUT2D eigenvalue weighted by molar-refractivity contribution is 5.15. The molecule has 4 nitrogen and oxygen atoms in total. The summed E-state index contributed by atoms with van der Waals surface area (Å²) in [6.07, 6.45) is -0.212. The number of methoxy groups -OCH3 is 2. The minimum atomic E-state index is -0.212. The molecule has 0 radical (unpaired) electrons. The zero-order valence-corrected chi connectivity index (χ0v) is 9.20. The van der Waals surface area contributed by atoms with Crippen LogP contribution in [0.2, 0.25) is 0 Å². The zero-order chi connectivity index (χ0) is 10.6. The summed E-state index contributed by atoms with van der Waals surface area (Å²) in [6, 6.07) is 4.13. The second-order valence-electron chi connectivity index (χ2n) is 3.21. The summed E-state index contributed by atoms with van der Waals surface area (Å²) < 4.78 is 12.2. The van der Waals surface area contributed by atoms with Crippen molar-refractivity contribution >= 4 is 0 Å². The van der Waals surface area contributed by atoms with E-state index in [4.69, 9.17) is 9.47 Å². The van der Waals surface area contributed by atoms with Crippen LogP contribution < -0.4 is 5.43 Å². The van der Waals surface area contributed by atoms with E-state index in [1.165, 1.54) is 11.4 Å². The maximum atomic E-state index is 5.08. The molecule has 0 spiro atoms. The molecule has 0 bridgehead atoms. The molecule has 0 saturated heterocycles. The van der Waals surface area contributed by atoms with Crippen LogP contribution in [0.25, 0.3) is 0 Å². The van der Waals surface area contributed by atoms with Gasteiger partial charge in [0.2, 0.25) is 0 Å². The molecule has 0 aromatic carbocycles. The van der Waals surface area contributed by atoms with E-state index in [2.05, 4.69) is 31.4 Å². The van der Waals surface area contributed by atoms with Crippen LogP contribution in [-0.4, -0.2) is 31.7 Å².